The summed E-state index contributed by atoms with van der Waals surface area (Å²) in [5.41, 5.74) is 10.2. The quantitative estimate of drug-likeness (QED) is 0.176. The Hall–Kier alpha value is -7.41. The van der Waals surface area contributed by atoms with E-state index in [-0.39, 0.29) is 0 Å². The van der Waals surface area contributed by atoms with Gasteiger partial charge in [-0.2, -0.15) is 0 Å². The maximum atomic E-state index is 6.43. The Morgan fingerprint density at radius 1 is 0.368 bits per heavy atom. The average Bonchev–Trinajstić information content (AvgIpc) is 3.96. The molecule has 0 saturated carbocycles. The Morgan fingerprint density at radius 3 is 1.70 bits per heavy atom. The van der Waals surface area contributed by atoms with Crippen molar-refractivity contribution in [1.29, 1.82) is 0 Å². The number of para-hydroxylation sites is 2. The molecule has 0 atom stereocenters. The Labute approximate surface area is 330 Å². The highest BCUT2D eigenvalue weighted by atomic mass is 32.1. The lowest BCUT2D eigenvalue weighted by Gasteiger charge is -2.11. The summed E-state index contributed by atoms with van der Waals surface area (Å²) in [6, 6.07) is 63.8. The summed E-state index contributed by atoms with van der Waals surface area (Å²) >= 11 is 1.81. The summed E-state index contributed by atoms with van der Waals surface area (Å²) in [7, 11) is 0. The highest BCUT2D eigenvalue weighted by molar-refractivity contribution is 7.26. The highest BCUT2D eigenvalue weighted by Crippen LogP contribution is 2.43. The summed E-state index contributed by atoms with van der Waals surface area (Å²) in [5, 5.41) is 7.14. The van der Waals surface area contributed by atoms with Crippen LogP contribution in [0.1, 0.15) is 0 Å². The van der Waals surface area contributed by atoms with Crippen molar-refractivity contribution >= 4 is 75.3 Å². The molecule has 0 radical (unpaired) electrons. The lowest BCUT2D eigenvalue weighted by atomic mass is 10.0. The van der Waals surface area contributed by atoms with Crippen LogP contribution < -0.4 is 0 Å². The van der Waals surface area contributed by atoms with Crippen LogP contribution in [0.4, 0.5) is 0 Å². The molecule has 0 bridgehead atoms. The van der Waals surface area contributed by atoms with Gasteiger partial charge in [0, 0.05) is 64.1 Å². The van der Waals surface area contributed by atoms with Gasteiger partial charge in [-0.3, -0.25) is 0 Å². The minimum Gasteiger partial charge on any atom is -0.456 e. The fraction of sp³-hybridized carbons (Fsp3) is 0. The first-order chi connectivity index (χ1) is 28.2. The average molecular weight is 747 g/mol. The van der Waals surface area contributed by atoms with Crippen molar-refractivity contribution in [3.8, 4) is 51.0 Å². The topological polar surface area (TPSA) is 56.7 Å². The number of hydrogen-bond donors (Lipinski definition) is 0. The van der Waals surface area contributed by atoms with E-state index >= 15 is 0 Å². The molecule has 4 heterocycles. The number of rotatable bonds is 5. The summed E-state index contributed by atoms with van der Waals surface area (Å²) in [6.45, 7) is 0. The number of thiophene rings is 1. The van der Waals surface area contributed by atoms with Crippen LogP contribution in [-0.4, -0.2) is 19.5 Å². The number of benzene rings is 8. The summed E-state index contributed by atoms with van der Waals surface area (Å²) in [5.74, 6) is 1.85. The third-order valence-corrected chi connectivity index (χ3v) is 12.2. The molecule has 57 heavy (non-hydrogen) atoms. The van der Waals surface area contributed by atoms with E-state index in [2.05, 4.69) is 150 Å². The Kier molecular flexibility index (Phi) is 7.03. The third-order valence-electron chi connectivity index (χ3n) is 11.1. The maximum absolute atomic E-state index is 6.43. The Balaban J connectivity index is 0.976. The molecule has 0 spiro atoms. The van der Waals surface area contributed by atoms with Gasteiger partial charge in [-0.25, -0.2) is 15.0 Å². The normalized spacial score (nSPS) is 11.9. The maximum Gasteiger partial charge on any atom is 0.164 e. The molecular formula is C51H30N4OS. The van der Waals surface area contributed by atoms with E-state index in [4.69, 9.17) is 19.4 Å². The zero-order chi connectivity index (χ0) is 37.5. The van der Waals surface area contributed by atoms with Crippen LogP contribution in [0.3, 0.4) is 0 Å². The van der Waals surface area contributed by atoms with E-state index in [1.165, 1.54) is 42.0 Å². The standard InChI is InChI=1S/C51H30N4OS/c1-2-11-32(12-3-1)49-52-50(54-51(53-49)35-23-26-43-40(30-35)47-44(56-43)27-28-46-48(47)39-17-6-9-20-45(39)57-46)34-14-10-13-33(29-34)31-21-24-36(25-22-31)55-41-18-7-4-15-37(41)38-16-5-8-19-42(38)55/h1-30H. The molecule has 0 fully saturated rings. The van der Waals surface area contributed by atoms with Crippen molar-refractivity contribution in [3.63, 3.8) is 0 Å². The van der Waals surface area contributed by atoms with Gasteiger partial charge in [0.05, 0.1) is 11.0 Å². The van der Waals surface area contributed by atoms with Crippen molar-refractivity contribution in [2.75, 3.05) is 0 Å². The van der Waals surface area contributed by atoms with Gasteiger partial charge in [0.2, 0.25) is 0 Å². The van der Waals surface area contributed by atoms with Crippen molar-refractivity contribution in [2.24, 2.45) is 0 Å². The second-order valence-electron chi connectivity index (χ2n) is 14.4. The molecule has 0 N–H and O–H groups in total. The predicted octanol–water partition coefficient (Wildman–Crippen LogP) is 13.9. The molecule has 0 unspecified atom stereocenters. The second kappa shape index (κ2) is 12.6. The second-order valence-corrected chi connectivity index (χ2v) is 15.5. The largest absolute Gasteiger partial charge is 0.456 e. The smallest absolute Gasteiger partial charge is 0.164 e. The number of fused-ring (bicyclic) bond motifs is 10. The molecule has 0 aliphatic heterocycles. The van der Waals surface area contributed by atoms with Gasteiger partial charge in [-0.1, -0.05) is 115 Å². The first kappa shape index (κ1) is 31.9. The van der Waals surface area contributed by atoms with Gasteiger partial charge in [0.1, 0.15) is 11.2 Å². The van der Waals surface area contributed by atoms with Crippen LogP contribution in [0.15, 0.2) is 186 Å². The highest BCUT2D eigenvalue weighted by Gasteiger charge is 2.18. The number of aromatic nitrogens is 4. The van der Waals surface area contributed by atoms with Crippen molar-refractivity contribution in [2.45, 2.75) is 0 Å². The van der Waals surface area contributed by atoms with Crippen LogP contribution in [0.2, 0.25) is 0 Å². The predicted molar refractivity (Wildman–Crippen MR) is 236 cm³/mol. The fourth-order valence-electron chi connectivity index (χ4n) is 8.41. The molecule has 0 saturated heterocycles. The monoisotopic (exact) mass is 746 g/mol. The van der Waals surface area contributed by atoms with E-state index in [1.807, 2.05) is 47.7 Å². The zero-order valence-corrected chi connectivity index (χ0v) is 31.2. The molecule has 0 amide bonds. The van der Waals surface area contributed by atoms with Gasteiger partial charge in [-0.05, 0) is 77.9 Å². The molecule has 4 aromatic heterocycles. The van der Waals surface area contributed by atoms with Crippen molar-refractivity contribution in [3.05, 3.63) is 182 Å². The van der Waals surface area contributed by atoms with Crippen LogP contribution >= 0.6 is 11.3 Å². The number of hydrogen-bond acceptors (Lipinski definition) is 5. The van der Waals surface area contributed by atoms with Crippen LogP contribution in [0.5, 0.6) is 0 Å². The van der Waals surface area contributed by atoms with Crippen LogP contribution in [0, 0.1) is 0 Å². The van der Waals surface area contributed by atoms with E-state index in [1.54, 1.807) is 0 Å². The number of furan rings is 1. The lowest BCUT2D eigenvalue weighted by molar-refractivity contribution is 0.669. The van der Waals surface area contributed by atoms with Gasteiger partial charge >= 0.3 is 0 Å². The Morgan fingerprint density at radius 2 is 0.947 bits per heavy atom. The van der Waals surface area contributed by atoms with Gasteiger partial charge in [-0.15, -0.1) is 11.3 Å². The van der Waals surface area contributed by atoms with Crippen molar-refractivity contribution < 1.29 is 4.42 Å². The lowest BCUT2D eigenvalue weighted by Crippen LogP contribution is -2.00. The summed E-state index contributed by atoms with van der Waals surface area (Å²) in [4.78, 5) is 15.3. The van der Waals surface area contributed by atoms with Crippen LogP contribution in [-0.2, 0) is 0 Å². The molecule has 5 nitrogen and oxygen atoms in total. The van der Waals surface area contributed by atoms with E-state index in [9.17, 15) is 0 Å². The van der Waals surface area contributed by atoms with Gasteiger partial charge in [0.25, 0.3) is 0 Å². The SMILES string of the molecule is c1ccc(-c2nc(-c3cccc(-c4ccc(-n5c6ccccc6c6ccccc65)cc4)c3)nc(-c3ccc4oc5ccc6sc7ccccc7c6c5c4c3)n2)cc1. The number of nitrogens with zero attached hydrogens (tertiary/aromatic N) is 4. The van der Waals surface area contributed by atoms with E-state index in [0.717, 1.165) is 55.4 Å². The first-order valence-corrected chi connectivity index (χ1v) is 19.8. The minimum atomic E-state index is 0.610. The minimum absolute atomic E-state index is 0.610. The van der Waals surface area contributed by atoms with Gasteiger partial charge in [0.15, 0.2) is 17.5 Å². The summed E-state index contributed by atoms with van der Waals surface area (Å²) in [6.07, 6.45) is 0. The molecule has 0 aliphatic rings. The van der Waals surface area contributed by atoms with Gasteiger partial charge < -0.3 is 8.98 Å². The first-order valence-electron chi connectivity index (χ1n) is 19.0. The molecular weight excluding hydrogens is 717 g/mol. The molecule has 266 valence electrons. The summed E-state index contributed by atoms with van der Waals surface area (Å²) < 4.78 is 11.3. The molecule has 12 aromatic rings. The molecule has 12 rings (SSSR count). The molecule has 6 heteroatoms. The van der Waals surface area contributed by atoms with E-state index in [0.29, 0.717) is 17.5 Å². The fourth-order valence-corrected chi connectivity index (χ4v) is 9.53. The van der Waals surface area contributed by atoms with Crippen molar-refractivity contribution in [1.82, 2.24) is 19.5 Å². The van der Waals surface area contributed by atoms with E-state index < -0.39 is 0 Å². The van der Waals surface area contributed by atoms with Crippen LogP contribution in [0.25, 0.3) is 115 Å². The molecule has 0 aliphatic carbocycles. The molecule has 8 aromatic carbocycles. The Bertz CT molecular complexity index is 3470. The zero-order valence-electron chi connectivity index (χ0n) is 30.4. The third kappa shape index (κ3) is 5.12.